The monoisotopic (exact) mass is 447 g/mol. The van der Waals surface area contributed by atoms with Crippen LogP contribution >= 0.6 is 11.9 Å². The molecule has 0 amide bonds. The van der Waals surface area contributed by atoms with Gasteiger partial charge in [-0.05, 0) is 42.6 Å². The van der Waals surface area contributed by atoms with Crippen molar-refractivity contribution in [3.05, 3.63) is 35.9 Å². The van der Waals surface area contributed by atoms with Crippen LogP contribution in [-0.2, 0) is 17.8 Å². The van der Waals surface area contributed by atoms with Crippen LogP contribution in [0.15, 0.2) is 45.2 Å². The summed E-state index contributed by atoms with van der Waals surface area (Å²) >= 11 is 0.957. The van der Waals surface area contributed by atoms with Crippen LogP contribution in [0.5, 0.6) is 0 Å². The van der Waals surface area contributed by atoms with E-state index in [1.165, 1.54) is 0 Å². The second-order valence-electron chi connectivity index (χ2n) is 6.45. The molecule has 0 spiro atoms. The van der Waals surface area contributed by atoms with Gasteiger partial charge in [0.05, 0.1) is 31.6 Å². The Labute approximate surface area is 180 Å². The number of hydrogen-bond acceptors (Lipinski definition) is 9. The summed E-state index contributed by atoms with van der Waals surface area (Å²) in [7, 11) is 0.542. The van der Waals surface area contributed by atoms with E-state index in [0.29, 0.717) is 45.5 Å². The summed E-state index contributed by atoms with van der Waals surface area (Å²) in [5.41, 5.74) is 23.6. The molecule has 1 aromatic heterocycles. The third kappa shape index (κ3) is 4.00. The molecule has 0 aliphatic heterocycles. The zero-order valence-electron chi connectivity index (χ0n) is 16.5. The molecule has 3 aromatic rings. The molecule has 0 aliphatic rings. The van der Waals surface area contributed by atoms with Crippen LogP contribution in [0.3, 0.4) is 0 Å². The van der Waals surface area contributed by atoms with E-state index < -0.39 is 10.8 Å². The summed E-state index contributed by atoms with van der Waals surface area (Å²) in [5.74, 6) is 6.28. The van der Waals surface area contributed by atoms with Crippen molar-refractivity contribution in [3.63, 3.8) is 0 Å². The molecule has 0 fully saturated rings. The number of hydrazine groups is 1. The van der Waals surface area contributed by atoms with Crippen LogP contribution in [0, 0.1) is 0 Å². The molecule has 12 heteroatoms. The summed E-state index contributed by atoms with van der Waals surface area (Å²) in [6.45, 7) is 0.450. The molecule has 1 unspecified atom stereocenters. The molecule has 2 aromatic carbocycles. The lowest BCUT2D eigenvalue weighted by atomic mass is 9.97. The lowest BCUT2D eigenvalue weighted by Gasteiger charge is -2.17. The van der Waals surface area contributed by atoms with Crippen molar-refractivity contribution >= 4 is 45.6 Å². The summed E-state index contributed by atoms with van der Waals surface area (Å²) in [4.78, 5) is 5.62. The van der Waals surface area contributed by atoms with Gasteiger partial charge in [0.15, 0.2) is 5.84 Å². The molecule has 10 nitrogen and oxygen atoms in total. The Hall–Kier alpha value is -2.64. The highest BCUT2D eigenvalue weighted by Gasteiger charge is 2.23. The average Bonchev–Trinajstić information content (AvgIpc) is 3.04. The van der Waals surface area contributed by atoms with Crippen LogP contribution < -0.4 is 33.7 Å². The Morgan fingerprint density at radius 1 is 1.30 bits per heavy atom. The molecule has 0 bridgehead atoms. The van der Waals surface area contributed by atoms with Gasteiger partial charge in [-0.1, -0.05) is 18.2 Å². The number of amidine groups is 1. The SMILES string of the molecule is Cn1c(N)nc2c(-c3ccc(S(=O)CCCN)c(SN)c3/C(N)=N/NN)cccc21. The first kappa shape index (κ1) is 22.1. The smallest absolute Gasteiger partial charge is 0.200 e. The van der Waals surface area contributed by atoms with E-state index in [1.54, 1.807) is 10.6 Å². The third-order valence-corrected chi connectivity index (χ3v) is 6.98. The quantitative estimate of drug-likeness (QED) is 0.0928. The van der Waals surface area contributed by atoms with Crippen molar-refractivity contribution in [2.24, 2.45) is 34.6 Å². The summed E-state index contributed by atoms with van der Waals surface area (Å²) in [5, 5.41) is 9.93. The zero-order chi connectivity index (χ0) is 21.8. The molecule has 0 aliphatic carbocycles. The van der Waals surface area contributed by atoms with Crippen LogP contribution in [0.2, 0.25) is 0 Å². The van der Waals surface area contributed by atoms with Crippen molar-refractivity contribution in [3.8, 4) is 11.1 Å². The molecule has 0 radical (unpaired) electrons. The van der Waals surface area contributed by atoms with Crippen LogP contribution in [0.4, 0.5) is 5.95 Å². The van der Waals surface area contributed by atoms with Gasteiger partial charge < -0.3 is 21.8 Å². The molecule has 1 heterocycles. The number of nitrogens with one attached hydrogen (secondary N) is 1. The Bertz CT molecular complexity index is 1130. The van der Waals surface area contributed by atoms with Gasteiger partial charge in [0, 0.05) is 23.9 Å². The number of hydrazone groups is 1. The van der Waals surface area contributed by atoms with Crippen LogP contribution in [-0.4, -0.2) is 31.9 Å². The van der Waals surface area contributed by atoms with Crippen molar-refractivity contribution < 1.29 is 4.21 Å². The molecule has 0 saturated carbocycles. The Morgan fingerprint density at radius 2 is 2.07 bits per heavy atom. The minimum atomic E-state index is -1.30. The van der Waals surface area contributed by atoms with E-state index in [1.807, 2.05) is 31.3 Å². The standard InChI is InChI=1S/C18H25N9OS2/c1-27-12-5-2-4-11(15(12)24-18(27)21)10-6-7-13(30(28)9-3-8-19)16(29-23)14(10)17(20)25-26-22/h2,4-7,26H,3,8-9,19,22-23H2,1H3,(H2,20,25)(H2,21,24). The zero-order valence-corrected chi connectivity index (χ0v) is 18.1. The predicted octanol–water partition coefficient (Wildman–Crippen LogP) is 0.328. The number of rotatable bonds is 8. The first-order valence-electron chi connectivity index (χ1n) is 9.07. The number of imidazole rings is 1. The minimum Gasteiger partial charge on any atom is -0.382 e. The number of nitrogens with two attached hydrogens (primary N) is 5. The normalized spacial score (nSPS) is 13.0. The number of para-hydroxylation sites is 1. The van der Waals surface area contributed by atoms with E-state index in [2.05, 4.69) is 15.6 Å². The van der Waals surface area contributed by atoms with Crippen molar-refractivity contribution in [1.29, 1.82) is 0 Å². The minimum absolute atomic E-state index is 0.110. The number of benzene rings is 2. The maximum Gasteiger partial charge on any atom is 0.200 e. The molecule has 3 rings (SSSR count). The van der Waals surface area contributed by atoms with Gasteiger partial charge in [-0.15, -0.1) is 5.10 Å². The number of aromatic nitrogens is 2. The average molecular weight is 448 g/mol. The Morgan fingerprint density at radius 3 is 2.73 bits per heavy atom. The van der Waals surface area contributed by atoms with E-state index in [9.17, 15) is 4.21 Å². The van der Waals surface area contributed by atoms with E-state index >= 15 is 0 Å². The largest absolute Gasteiger partial charge is 0.382 e. The van der Waals surface area contributed by atoms with Crippen molar-refractivity contribution in [1.82, 2.24) is 15.1 Å². The summed E-state index contributed by atoms with van der Waals surface area (Å²) in [6.07, 6.45) is 0.624. The highest BCUT2D eigenvalue weighted by molar-refractivity contribution is 7.97. The van der Waals surface area contributed by atoms with Gasteiger partial charge in [-0.25, -0.2) is 16.4 Å². The molecule has 30 heavy (non-hydrogen) atoms. The Kier molecular flexibility index (Phi) is 6.95. The molecule has 11 N–H and O–H groups in total. The summed E-state index contributed by atoms with van der Waals surface area (Å²) in [6, 6.07) is 9.36. The summed E-state index contributed by atoms with van der Waals surface area (Å²) < 4.78 is 14.7. The van der Waals surface area contributed by atoms with Crippen molar-refractivity contribution in [2.45, 2.75) is 16.2 Å². The van der Waals surface area contributed by atoms with E-state index in [-0.39, 0.29) is 5.84 Å². The van der Waals surface area contributed by atoms with E-state index in [0.717, 1.165) is 28.6 Å². The number of aryl methyl sites for hydroxylation is 1. The lowest BCUT2D eigenvalue weighted by Crippen LogP contribution is -2.25. The highest BCUT2D eigenvalue weighted by atomic mass is 32.2. The predicted molar refractivity (Wildman–Crippen MR) is 124 cm³/mol. The van der Waals surface area contributed by atoms with Gasteiger partial charge in [-0.2, -0.15) is 0 Å². The fraction of sp³-hybridized carbons (Fsp3) is 0.222. The molecule has 0 saturated heterocycles. The lowest BCUT2D eigenvalue weighted by molar-refractivity contribution is 0.679. The Balaban J connectivity index is 2.32. The molecular formula is C18H25N9OS2. The molecule has 160 valence electrons. The van der Waals surface area contributed by atoms with Gasteiger partial charge in [0.25, 0.3) is 0 Å². The van der Waals surface area contributed by atoms with Gasteiger partial charge >= 0.3 is 0 Å². The number of hydrogen-bond donors (Lipinski definition) is 6. The van der Waals surface area contributed by atoms with Gasteiger partial charge in [0.1, 0.15) is 0 Å². The topological polar surface area (TPSA) is 189 Å². The van der Waals surface area contributed by atoms with Gasteiger partial charge in [0.2, 0.25) is 5.95 Å². The van der Waals surface area contributed by atoms with Crippen molar-refractivity contribution in [2.75, 3.05) is 18.0 Å². The number of nitrogen functional groups attached to an aromatic ring is 1. The number of fused-ring (bicyclic) bond motifs is 1. The molecule has 1 atom stereocenters. The van der Waals surface area contributed by atoms with Gasteiger partial charge in [-0.3, -0.25) is 9.35 Å². The van der Waals surface area contributed by atoms with Crippen LogP contribution in [0.1, 0.15) is 12.0 Å². The first-order chi connectivity index (χ1) is 14.4. The third-order valence-electron chi connectivity index (χ3n) is 4.70. The second kappa shape index (κ2) is 9.45. The fourth-order valence-electron chi connectivity index (χ4n) is 3.24. The second-order valence-corrected chi connectivity index (χ2v) is 8.64. The molecular weight excluding hydrogens is 422 g/mol. The van der Waals surface area contributed by atoms with E-state index in [4.69, 9.17) is 28.2 Å². The first-order valence-corrected chi connectivity index (χ1v) is 11.3. The highest BCUT2D eigenvalue weighted by Crippen LogP contribution is 2.37. The fourth-order valence-corrected chi connectivity index (χ4v) is 5.36. The maximum absolute atomic E-state index is 12.9. The maximum atomic E-state index is 12.9. The van der Waals surface area contributed by atoms with Crippen LogP contribution in [0.25, 0.3) is 22.2 Å². The number of anilines is 1. The number of nitrogens with zero attached hydrogens (tertiary/aromatic N) is 3.